The van der Waals surface area contributed by atoms with E-state index in [0.717, 1.165) is 53.9 Å². The van der Waals surface area contributed by atoms with Crippen molar-refractivity contribution < 1.29 is 28.5 Å². The molecule has 0 aliphatic carbocycles. The van der Waals surface area contributed by atoms with Gasteiger partial charge in [-0.2, -0.15) is 0 Å². The quantitative estimate of drug-likeness (QED) is 0.0762. The third-order valence-corrected chi connectivity index (χ3v) is 13.3. The van der Waals surface area contributed by atoms with Gasteiger partial charge >= 0.3 is 6.03 Å². The fourth-order valence-electron chi connectivity index (χ4n) is 5.08. The van der Waals surface area contributed by atoms with E-state index in [1.54, 1.807) is 14.2 Å². The Hall–Kier alpha value is -3.37. The molecule has 0 aliphatic heterocycles. The van der Waals surface area contributed by atoms with Crippen LogP contribution >= 0.6 is 0 Å². The van der Waals surface area contributed by atoms with Gasteiger partial charge in [0.1, 0.15) is 17.1 Å². The van der Waals surface area contributed by atoms with Crippen molar-refractivity contribution in [2.45, 2.75) is 76.3 Å². The van der Waals surface area contributed by atoms with Crippen LogP contribution in [0.15, 0.2) is 78.9 Å². The first-order valence-corrected chi connectivity index (χ1v) is 19.2. The number of aliphatic hydroxyl groups is 1. The van der Waals surface area contributed by atoms with E-state index in [4.69, 9.17) is 23.7 Å². The summed E-state index contributed by atoms with van der Waals surface area (Å²) in [5.74, 6) is 1.51. The Bertz CT molecular complexity index is 1260. The Morgan fingerprint density at radius 3 is 1.78 bits per heavy atom. The van der Waals surface area contributed by atoms with Gasteiger partial charge in [-0.15, -0.1) is 0 Å². The van der Waals surface area contributed by atoms with Crippen molar-refractivity contribution >= 4 is 14.3 Å². The van der Waals surface area contributed by atoms with Crippen LogP contribution in [0.2, 0.25) is 18.1 Å². The highest BCUT2D eigenvalue weighted by atomic mass is 28.4. The number of hydrogen-bond donors (Lipinski definition) is 3. The summed E-state index contributed by atoms with van der Waals surface area (Å²) in [5.41, 5.74) is 1.83. The second kappa shape index (κ2) is 17.5. The van der Waals surface area contributed by atoms with Crippen LogP contribution in [-0.2, 0) is 14.8 Å². The number of methoxy groups -OCH3 is 2. The van der Waals surface area contributed by atoms with Gasteiger partial charge in [0.2, 0.25) is 0 Å². The van der Waals surface area contributed by atoms with Crippen LogP contribution in [0, 0.1) is 0 Å². The van der Waals surface area contributed by atoms with Crippen molar-refractivity contribution in [1.29, 1.82) is 0 Å². The molecule has 8 nitrogen and oxygen atoms in total. The second-order valence-electron chi connectivity index (χ2n) is 13.1. The minimum absolute atomic E-state index is 0.0371. The molecule has 0 spiro atoms. The van der Waals surface area contributed by atoms with Crippen molar-refractivity contribution in [2.75, 3.05) is 40.5 Å². The Balaban J connectivity index is 1.97. The summed E-state index contributed by atoms with van der Waals surface area (Å²) < 4.78 is 25.0. The molecule has 9 heteroatoms. The van der Waals surface area contributed by atoms with Crippen molar-refractivity contribution in [3.05, 3.63) is 95.6 Å². The highest BCUT2D eigenvalue weighted by Crippen LogP contribution is 2.42. The fraction of sp³-hybridized carbons (Fsp3) is 0.486. The van der Waals surface area contributed by atoms with Crippen LogP contribution in [0.1, 0.15) is 63.1 Å². The molecular formula is C37H54N2O6Si. The number of nitrogens with one attached hydrogen (secondary N) is 2. The van der Waals surface area contributed by atoms with E-state index in [-0.39, 0.29) is 24.3 Å². The first-order valence-electron chi connectivity index (χ1n) is 16.3. The molecule has 46 heavy (non-hydrogen) atoms. The smallest absolute Gasteiger partial charge is 0.314 e. The molecule has 3 aromatic rings. The lowest BCUT2D eigenvalue weighted by atomic mass is 9.80. The SMILES string of the molecule is COc1ccc(C(OC[C@@H](CNC(=O)NCCCCCCO)O[Si](C)(C)C(C)(C)C)(c2ccccc2)c2ccc(OC)cc2)cc1. The van der Waals surface area contributed by atoms with Gasteiger partial charge in [-0.3, -0.25) is 0 Å². The molecule has 3 rings (SSSR count). The Morgan fingerprint density at radius 1 is 0.761 bits per heavy atom. The summed E-state index contributed by atoms with van der Waals surface area (Å²) in [6.07, 6.45) is 3.16. The summed E-state index contributed by atoms with van der Waals surface area (Å²) in [7, 11) is 1.06. The molecule has 0 unspecified atom stereocenters. The monoisotopic (exact) mass is 650 g/mol. The van der Waals surface area contributed by atoms with Gasteiger partial charge in [-0.25, -0.2) is 4.79 Å². The average Bonchev–Trinajstić information content (AvgIpc) is 3.05. The maximum atomic E-state index is 12.8. The van der Waals surface area contributed by atoms with Crippen LogP contribution in [0.5, 0.6) is 11.5 Å². The van der Waals surface area contributed by atoms with Gasteiger partial charge in [0.25, 0.3) is 0 Å². The van der Waals surface area contributed by atoms with Gasteiger partial charge in [0.15, 0.2) is 8.32 Å². The van der Waals surface area contributed by atoms with E-state index in [0.29, 0.717) is 13.1 Å². The molecule has 0 saturated carbocycles. The molecule has 0 aliphatic rings. The van der Waals surface area contributed by atoms with Gasteiger partial charge in [-0.05, 0) is 71.9 Å². The lowest BCUT2D eigenvalue weighted by Gasteiger charge is -2.41. The minimum atomic E-state index is -2.25. The maximum absolute atomic E-state index is 12.8. The molecule has 1 atom stereocenters. The van der Waals surface area contributed by atoms with E-state index in [2.05, 4.69) is 56.6 Å². The summed E-state index contributed by atoms with van der Waals surface area (Å²) >= 11 is 0. The van der Waals surface area contributed by atoms with Crippen LogP contribution in [0.3, 0.4) is 0 Å². The molecule has 0 aromatic heterocycles. The largest absolute Gasteiger partial charge is 0.497 e. The van der Waals surface area contributed by atoms with Crippen LogP contribution < -0.4 is 20.1 Å². The number of carbonyl (C=O) groups excluding carboxylic acids is 1. The van der Waals surface area contributed by atoms with Gasteiger partial charge in [0.05, 0.1) is 26.9 Å². The molecule has 252 valence electrons. The Kier molecular flexibility index (Phi) is 14.1. The molecule has 0 saturated heterocycles. The summed E-state index contributed by atoms with van der Waals surface area (Å²) in [6.45, 7) is 12.3. The predicted molar refractivity (Wildman–Crippen MR) is 187 cm³/mol. The number of carbonyl (C=O) groups is 1. The molecule has 0 fully saturated rings. The third-order valence-electron chi connectivity index (χ3n) is 8.79. The minimum Gasteiger partial charge on any atom is -0.497 e. The summed E-state index contributed by atoms with van der Waals surface area (Å²) in [5, 5.41) is 14.9. The third kappa shape index (κ3) is 10.1. The van der Waals surface area contributed by atoms with Gasteiger partial charge in [-0.1, -0.05) is 88.2 Å². The summed E-state index contributed by atoms with van der Waals surface area (Å²) in [6, 6.07) is 25.8. The lowest BCUT2D eigenvalue weighted by molar-refractivity contribution is -0.0327. The van der Waals surface area contributed by atoms with Gasteiger partial charge in [0, 0.05) is 19.7 Å². The number of benzene rings is 3. The number of ether oxygens (including phenoxy) is 3. The standard InChI is InChI=1S/C37H54N2O6Si/c1-36(2,3)46(6,7)45-34(27-39-35(41)38-25-13-8-9-14-26-40)28-44-37(29-15-11-10-12-16-29,30-17-21-32(42-4)22-18-30)31-19-23-33(43-5)24-20-31/h10-12,15-24,34,40H,8-9,13-14,25-28H2,1-7H3,(H2,38,39,41)/t34-/m1/s1. The Labute approximate surface area is 276 Å². The van der Waals surface area contributed by atoms with E-state index in [9.17, 15) is 4.79 Å². The topological polar surface area (TPSA) is 98.3 Å². The molecule has 3 aromatic carbocycles. The zero-order valence-corrected chi connectivity index (χ0v) is 29.7. The molecule has 3 N–H and O–H groups in total. The second-order valence-corrected chi connectivity index (χ2v) is 17.8. The highest BCUT2D eigenvalue weighted by molar-refractivity contribution is 6.74. The fourth-order valence-corrected chi connectivity index (χ4v) is 6.42. The van der Waals surface area contributed by atoms with Gasteiger partial charge < -0.3 is 34.4 Å². The van der Waals surface area contributed by atoms with Crippen LogP contribution in [0.4, 0.5) is 4.79 Å². The number of hydrogen-bond acceptors (Lipinski definition) is 6. The van der Waals surface area contributed by atoms with E-state index < -0.39 is 20.0 Å². The molecule has 0 bridgehead atoms. The number of aliphatic hydroxyl groups excluding tert-OH is 1. The zero-order chi connectivity index (χ0) is 33.6. The number of amides is 2. The van der Waals surface area contributed by atoms with E-state index in [1.807, 2.05) is 66.7 Å². The number of urea groups is 1. The van der Waals surface area contributed by atoms with Crippen LogP contribution in [-0.4, -0.2) is 66.1 Å². The van der Waals surface area contributed by atoms with Crippen molar-refractivity contribution in [3.8, 4) is 11.5 Å². The van der Waals surface area contributed by atoms with Crippen molar-refractivity contribution in [2.24, 2.45) is 0 Å². The lowest BCUT2D eigenvalue weighted by Crippen LogP contribution is -2.50. The molecule has 0 heterocycles. The van der Waals surface area contributed by atoms with Crippen molar-refractivity contribution in [3.63, 3.8) is 0 Å². The highest BCUT2D eigenvalue weighted by Gasteiger charge is 2.42. The first kappa shape index (κ1) is 37.1. The summed E-state index contributed by atoms with van der Waals surface area (Å²) in [4.78, 5) is 12.8. The zero-order valence-electron chi connectivity index (χ0n) is 28.7. The molecule has 2 amide bonds. The molecule has 0 radical (unpaired) electrons. The van der Waals surface area contributed by atoms with E-state index >= 15 is 0 Å². The normalized spacial score (nSPS) is 12.8. The first-order chi connectivity index (χ1) is 22.0. The number of rotatable bonds is 18. The Morgan fingerprint density at radius 2 is 1.28 bits per heavy atom. The predicted octanol–water partition coefficient (Wildman–Crippen LogP) is 7.25. The maximum Gasteiger partial charge on any atom is 0.314 e. The molecular weight excluding hydrogens is 597 g/mol. The van der Waals surface area contributed by atoms with Crippen LogP contribution in [0.25, 0.3) is 0 Å². The van der Waals surface area contributed by atoms with E-state index in [1.165, 1.54) is 0 Å². The number of unbranched alkanes of at least 4 members (excludes halogenated alkanes) is 3. The average molecular weight is 651 g/mol. The van der Waals surface area contributed by atoms with Crippen molar-refractivity contribution in [1.82, 2.24) is 10.6 Å².